The number of nitrogens with zero attached hydrogens (tertiary/aromatic N) is 1. The molecule has 2 aliphatic rings. The standard InChI is InChI=1S/C17H25N3O2S/c21-15(11-18-16(22)12-7-3-1-4-8-12)20-17-19-13-9-5-2-6-10-14(13)23-17/h12H,1-11H2,(H,18,22)(H,19,20,21). The lowest BCUT2D eigenvalue weighted by atomic mass is 9.89. The van der Waals surface area contributed by atoms with Gasteiger partial charge in [-0.3, -0.25) is 9.59 Å². The van der Waals surface area contributed by atoms with E-state index in [-0.39, 0.29) is 24.3 Å². The average Bonchev–Trinajstić information content (AvgIpc) is 2.81. The van der Waals surface area contributed by atoms with Gasteiger partial charge in [-0.05, 0) is 38.5 Å². The number of anilines is 1. The molecule has 0 spiro atoms. The van der Waals surface area contributed by atoms with E-state index in [9.17, 15) is 9.59 Å². The topological polar surface area (TPSA) is 71.1 Å². The molecule has 1 fully saturated rings. The van der Waals surface area contributed by atoms with Crippen LogP contribution in [0.15, 0.2) is 0 Å². The van der Waals surface area contributed by atoms with Gasteiger partial charge in [0, 0.05) is 10.8 Å². The second kappa shape index (κ2) is 7.90. The summed E-state index contributed by atoms with van der Waals surface area (Å²) in [4.78, 5) is 29.9. The Morgan fingerprint density at radius 2 is 1.78 bits per heavy atom. The molecule has 1 saturated carbocycles. The van der Waals surface area contributed by atoms with E-state index in [4.69, 9.17) is 0 Å². The first-order valence-corrected chi connectivity index (χ1v) is 9.60. The molecular formula is C17H25N3O2S. The van der Waals surface area contributed by atoms with Crippen molar-refractivity contribution in [2.75, 3.05) is 11.9 Å². The Hall–Kier alpha value is -1.43. The minimum absolute atomic E-state index is 0.0229. The summed E-state index contributed by atoms with van der Waals surface area (Å²) < 4.78 is 0. The highest BCUT2D eigenvalue weighted by Crippen LogP contribution is 2.28. The van der Waals surface area contributed by atoms with Crippen LogP contribution in [-0.4, -0.2) is 23.3 Å². The van der Waals surface area contributed by atoms with E-state index in [2.05, 4.69) is 15.6 Å². The fraction of sp³-hybridized carbons (Fsp3) is 0.706. The van der Waals surface area contributed by atoms with Gasteiger partial charge < -0.3 is 10.6 Å². The third-order valence-electron chi connectivity index (χ3n) is 4.74. The molecule has 23 heavy (non-hydrogen) atoms. The Bertz CT molecular complexity index is 541. The molecule has 3 rings (SSSR count). The lowest BCUT2D eigenvalue weighted by molar-refractivity contribution is -0.128. The molecule has 1 aromatic rings. The number of aromatic nitrogens is 1. The molecule has 5 nitrogen and oxygen atoms in total. The SMILES string of the molecule is O=C(CNC(=O)C1CCCCC1)Nc1nc2c(s1)CCCCC2. The van der Waals surface area contributed by atoms with Gasteiger partial charge in [0.1, 0.15) is 0 Å². The monoisotopic (exact) mass is 335 g/mol. The lowest BCUT2D eigenvalue weighted by Gasteiger charge is -2.20. The molecule has 2 aliphatic carbocycles. The van der Waals surface area contributed by atoms with Crippen molar-refractivity contribution in [3.8, 4) is 0 Å². The van der Waals surface area contributed by atoms with E-state index >= 15 is 0 Å². The van der Waals surface area contributed by atoms with Crippen molar-refractivity contribution in [3.63, 3.8) is 0 Å². The summed E-state index contributed by atoms with van der Waals surface area (Å²) >= 11 is 1.58. The van der Waals surface area contributed by atoms with Gasteiger partial charge in [0.2, 0.25) is 11.8 Å². The third-order valence-corrected chi connectivity index (χ3v) is 5.81. The first kappa shape index (κ1) is 16.4. The van der Waals surface area contributed by atoms with E-state index < -0.39 is 0 Å². The van der Waals surface area contributed by atoms with Gasteiger partial charge in [0.15, 0.2) is 5.13 Å². The van der Waals surface area contributed by atoms with E-state index in [1.54, 1.807) is 11.3 Å². The van der Waals surface area contributed by atoms with Crippen molar-refractivity contribution < 1.29 is 9.59 Å². The number of aryl methyl sites for hydroxylation is 2. The Labute approximate surface area is 141 Å². The summed E-state index contributed by atoms with van der Waals surface area (Å²) in [5.41, 5.74) is 1.15. The van der Waals surface area contributed by atoms with Crippen LogP contribution in [0.4, 0.5) is 5.13 Å². The molecule has 0 atom stereocenters. The number of carbonyl (C=O) groups is 2. The molecule has 2 N–H and O–H groups in total. The van der Waals surface area contributed by atoms with Gasteiger partial charge in [-0.2, -0.15) is 0 Å². The lowest BCUT2D eigenvalue weighted by Crippen LogP contribution is -2.37. The van der Waals surface area contributed by atoms with Crippen molar-refractivity contribution in [2.45, 2.75) is 64.2 Å². The Morgan fingerprint density at radius 1 is 1.04 bits per heavy atom. The maximum Gasteiger partial charge on any atom is 0.245 e. The van der Waals surface area contributed by atoms with E-state index in [1.807, 2.05) is 0 Å². The quantitative estimate of drug-likeness (QED) is 0.831. The smallest absolute Gasteiger partial charge is 0.245 e. The molecule has 0 aliphatic heterocycles. The molecule has 0 saturated heterocycles. The van der Waals surface area contributed by atoms with Crippen molar-refractivity contribution in [3.05, 3.63) is 10.6 Å². The first-order valence-electron chi connectivity index (χ1n) is 8.78. The highest BCUT2D eigenvalue weighted by atomic mass is 32.1. The molecule has 0 aromatic carbocycles. The number of hydrogen-bond donors (Lipinski definition) is 2. The number of carbonyl (C=O) groups excluding carboxylic acids is 2. The maximum atomic E-state index is 12.0. The van der Waals surface area contributed by atoms with Gasteiger partial charge in [-0.1, -0.05) is 25.7 Å². The zero-order valence-corrected chi connectivity index (χ0v) is 14.3. The van der Waals surface area contributed by atoms with Crippen molar-refractivity contribution in [1.29, 1.82) is 0 Å². The van der Waals surface area contributed by atoms with Crippen LogP contribution >= 0.6 is 11.3 Å². The van der Waals surface area contributed by atoms with E-state index in [0.29, 0.717) is 5.13 Å². The molecule has 1 aromatic heterocycles. The second-order valence-electron chi connectivity index (χ2n) is 6.55. The summed E-state index contributed by atoms with van der Waals surface area (Å²) in [5.74, 6) is -0.0692. The highest BCUT2D eigenvalue weighted by Gasteiger charge is 2.21. The minimum Gasteiger partial charge on any atom is -0.347 e. The number of rotatable bonds is 4. The van der Waals surface area contributed by atoms with Crippen LogP contribution in [0.25, 0.3) is 0 Å². The summed E-state index contributed by atoms with van der Waals surface area (Å²) in [6, 6.07) is 0. The summed E-state index contributed by atoms with van der Waals surface area (Å²) in [6.07, 6.45) is 11.1. The molecule has 126 valence electrons. The molecule has 1 heterocycles. The summed E-state index contributed by atoms with van der Waals surface area (Å²) in [6.45, 7) is 0.0413. The Balaban J connectivity index is 1.46. The van der Waals surface area contributed by atoms with Crippen molar-refractivity contribution in [2.24, 2.45) is 5.92 Å². The van der Waals surface area contributed by atoms with Crippen LogP contribution in [0.1, 0.15) is 61.9 Å². The van der Waals surface area contributed by atoms with Crippen molar-refractivity contribution >= 4 is 28.3 Å². The number of hydrogen-bond acceptors (Lipinski definition) is 4. The van der Waals surface area contributed by atoms with Gasteiger partial charge in [0.25, 0.3) is 0 Å². The van der Waals surface area contributed by atoms with Crippen LogP contribution in [-0.2, 0) is 22.4 Å². The fourth-order valence-corrected chi connectivity index (χ4v) is 4.49. The summed E-state index contributed by atoms with van der Waals surface area (Å²) in [5, 5.41) is 6.28. The minimum atomic E-state index is -0.182. The first-order chi connectivity index (χ1) is 11.2. The normalized spacial score (nSPS) is 18.8. The van der Waals surface area contributed by atoms with Crippen molar-refractivity contribution in [1.82, 2.24) is 10.3 Å². The van der Waals surface area contributed by atoms with Crippen LogP contribution < -0.4 is 10.6 Å². The zero-order chi connectivity index (χ0) is 16.1. The van der Waals surface area contributed by atoms with Crippen LogP contribution in [0, 0.1) is 5.92 Å². The average molecular weight is 335 g/mol. The maximum absolute atomic E-state index is 12.0. The second-order valence-corrected chi connectivity index (χ2v) is 7.63. The zero-order valence-electron chi connectivity index (χ0n) is 13.5. The van der Waals surface area contributed by atoms with Gasteiger partial charge in [-0.25, -0.2) is 4.98 Å². The summed E-state index contributed by atoms with van der Waals surface area (Å²) in [7, 11) is 0. The molecule has 0 bridgehead atoms. The Morgan fingerprint density at radius 3 is 2.61 bits per heavy atom. The number of thiazole rings is 1. The Kier molecular flexibility index (Phi) is 5.65. The van der Waals surface area contributed by atoms with Gasteiger partial charge in [-0.15, -0.1) is 11.3 Å². The van der Waals surface area contributed by atoms with E-state index in [1.165, 1.54) is 30.6 Å². The number of fused-ring (bicyclic) bond motifs is 1. The fourth-order valence-electron chi connectivity index (χ4n) is 3.42. The number of amides is 2. The highest BCUT2D eigenvalue weighted by molar-refractivity contribution is 7.15. The third kappa shape index (κ3) is 4.53. The molecule has 0 unspecified atom stereocenters. The molecule has 2 amide bonds. The van der Waals surface area contributed by atoms with E-state index in [0.717, 1.165) is 44.2 Å². The largest absolute Gasteiger partial charge is 0.347 e. The number of nitrogens with one attached hydrogen (secondary N) is 2. The molecule has 0 radical (unpaired) electrons. The van der Waals surface area contributed by atoms with Crippen LogP contribution in [0.5, 0.6) is 0 Å². The predicted octanol–water partition coefficient (Wildman–Crippen LogP) is 3.05. The predicted molar refractivity (Wildman–Crippen MR) is 91.6 cm³/mol. The molecular weight excluding hydrogens is 310 g/mol. The van der Waals surface area contributed by atoms with Crippen LogP contribution in [0.3, 0.4) is 0 Å². The molecule has 6 heteroatoms. The van der Waals surface area contributed by atoms with Gasteiger partial charge in [0.05, 0.1) is 12.2 Å². The van der Waals surface area contributed by atoms with Crippen LogP contribution in [0.2, 0.25) is 0 Å². The van der Waals surface area contributed by atoms with Gasteiger partial charge >= 0.3 is 0 Å².